The molecule has 114 valence electrons. The summed E-state index contributed by atoms with van der Waals surface area (Å²) >= 11 is 0. The van der Waals surface area contributed by atoms with Gasteiger partial charge >= 0.3 is 5.97 Å². The fourth-order valence-corrected chi connectivity index (χ4v) is 4.99. The second-order valence-electron chi connectivity index (χ2n) is 7.43. The Hall–Kier alpha value is -0.570. The summed E-state index contributed by atoms with van der Waals surface area (Å²) in [4.78, 5) is 14.1. The molecule has 0 aromatic rings. The number of carbonyl (C=O) groups is 1. The summed E-state index contributed by atoms with van der Waals surface area (Å²) in [7, 11) is 0. The standard InChI is InChI=1S/C17H29NO2/c19-16(20)17-10-4-9-15(17)12-18(13-17)11-5-8-14-6-2-1-3-7-14/h14-15H,1-13H2,(H,19,20)/t15-,17+/m0/s1. The Morgan fingerprint density at radius 2 is 1.95 bits per heavy atom. The van der Waals surface area contributed by atoms with Crippen LogP contribution in [-0.4, -0.2) is 35.6 Å². The van der Waals surface area contributed by atoms with Gasteiger partial charge < -0.3 is 10.0 Å². The van der Waals surface area contributed by atoms with Crippen molar-refractivity contribution in [3.05, 3.63) is 0 Å². The van der Waals surface area contributed by atoms with Crippen molar-refractivity contribution in [3.8, 4) is 0 Å². The van der Waals surface area contributed by atoms with Crippen molar-refractivity contribution in [2.75, 3.05) is 19.6 Å². The second kappa shape index (κ2) is 6.05. The third-order valence-corrected chi connectivity index (χ3v) is 6.18. The van der Waals surface area contributed by atoms with E-state index in [9.17, 15) is 9.90 Å². The van der Waals surface area contributed by atoms with Gasteiger partial charge in [-0.25, -0.2) is 0 Å². The Morgan fingerprint density at radius 1 is 1.15 bits per heavy atom. The molecule has 1 saturated heterocycles. The highest BCUT2D eigenvalue weighted by atomic mass is 16.4. The molecule has 1 heterocycles. The number of nitrogens with zero attached hydrogens (tertiary/aromatic N) is 1. The van der Waals surface area contributed by atoms with Gasteiger partial charge in [0.05, 0.1) is 5.41 Å². The summed E-state index contributed by atoms with van der Waals surface area (Å²) in [5.41, 5.74) is -0.384. The molecule has 0 bridgehead atoms. The first-order valence-electron chi connectivity index (χ1n) is 8.66. The molecule has 20 heavy (non-hydrogen) atoms. The van der Waals surface area contributed by atoms with Gasteiger partial charge in [-0.2, -0.15) is 0 Å². The van der Waals surface area contributed by atoms with Crippen molar-refractivity contribution in [1.82, 2.24) is 4.90 Å². The zero-order valence-electron chi connectivity index (χ0n) is 12.6. The number of carboxylic acid groups (broad SMARTS) is 1. The Morgan fingerprint density at radius 3 is 2.65 bits per heavy atom. The quantitative estimate of drug-likeness (QED) is 0.837. The molecular formula is C17H29NO2. The first kappa shape index (κ1) is 14.4. The molecule has 2 aliphatic carbocycles. The lowest BCUT2D eigenvalue weighted by Gasteiger charge is -2.24. The first-order valence-corrected chi connectivity index (χ1v) is 8.66. The summed E-state index contributed by atoms with van der Waals surface area (Å²) in [6.07, 6.45) is 12.9. The molecule has 2 atom stereocenters. The van der Waals surface area contributed by atoms with Gasteiger partial charge in [-0.15, -0.1) is 0 Å². The second-order valence-corrected chi connectivity index (χ2v) is 7.43. The van der Waals surface area contributed by atoms with Crippen LogP contribution in [0, 0.1) is 17.3 Å². The zero-order valence-corrected chi connectivity index (χ0v) is 12.6. The molecule has 3 aliphatic rings. The van der Waals surface area contributed by atoms with E-state index in [1.54, 1.807) is 0 Å². The van der Waals surface area contributed by atoms with Gasteiger partial charge in [-0.3, -0.25) is 4.79 Å². The fourth-order valence-electron chi connectivity index (χ4n) is 4.99. The molecule has 0 radical (unpaired) electrons. The predicted molar refractivity (Wildman–Crippen MR) is 79.7 cm³/mol. The number of fused-ring (bicyclic) bond motifs is 1. The smallest absolute Gasteiger partial charge is 0.311 e. The number of carboxylic acids is 1. The third-order valence-electron chi connectivity index (χ3n) is 6.18. The summed E-state index contributed by atoms with van der Waals surface area (Å²) in [5.74, 6) is 0.851. The van der Waals surface area contributed by atoms with E-state index in [1.165, 1.54) is 44.9 Å². The largest absolute Gasteiger partial charge is 0.481 e. The van der Waals surface area contributed by atoms with E-state index in [0.29, 0.717) is 5.92 Å². The van der Waals surface area contributed by atoms with Crippen LogP contribution in [0.3, 0.4) is 0 Å². The SMILES string of the molecule is O=C(O)[C@@]12CCC[C@H]1CN(CCCC1CCCCC1)C2. The minimum Gasteiger partial charge on any atom is -0.481 e. The normalized spacial score (nSPS) is 35.3. The maximum absolute atomic E-state index is 11.6. The van der Waals surface area contributed by atoms with Crippen molar-refractivity contribution in [1.29, 1.82) is 0 Å². The predicted octanol–water partition coefficient (Wildman–Crippen LogP) is 3.53. The number of aliphatic carboxylic acids is 1. The Bertz CT molecular complexity index is 351. The van der Waals surface area contributed by atoms with E-state index >= 15 is 0 Å². The third kappa shape index (κ3) is 2.74. The van der Waals surface area contributed by atoms with Gasteiger partial charge in [0.25, 0.3) is 0 Å². The first-order chi connectivity index (χ1) is 9.71. The van der Waals surface area contributed by atoms with Gasteiger partial charge in [-0.05, 0) is 44.1 Å². The molecule has 1 aliphatic heterocycles. The molecular weight excluding hydrogens is 250 g/mol. The number of rotatable bonds is 5. The van der Waals surface area contributed by atoms with Crippen LogP contribution in [0.2, 0.25) is 0 Å². The summed E-state index contributed by atoms with van der Waals surface area (Å²) in [6, 6.07) is 0. The highest BCUT2D eigenvalue weighted by Crippen LogP contribution is 2.48. The minimum atomic E-state index is -0.533. The van der Waals surface area contributed by atoms with E-state index in [4.69, 9.17) is 0 Å². The van der Waals surface area contributed by atoms with Crippen molar-refractivity contribution < 1.29 is 9.90 Å². The van der Waals surface area contributed by atoms with Gasteiger partial charge in [0, 0.05) is 13.1 Å². The molecule has 0 aromatic heterocycles. The molecule has 0 unspecified atom stereocenters. The molecule has 2 saturated carbocycles. The van der Waals surface area contributed by atoms with Crippen LogP contribution in [0.25, 0.3) is 0 Å². The summed E-state index contributed by atoms with van der Waals surface area (Å²) in [6.45, 7) is 2.98. The summed E-state index contributed by atoms with van der Waals surface area (Å²) < 4.78 is 0. The van der Waals surface area contributed by atoms with E-state index in [-0.39, 0.29) is 5.41 Å². The van der Waals surface area contributed by atoms with Crippen LogP contribution in [0.4, 0.5) is 0 Å². The highest BCUT2D eigenvalue weighted by Gasteiger charge is 2.54. The lowest BCUT2D eigenvalue weighted by atomic mass is 9.81. The average molecular weight is 279 g/mol. The van der Waals surface area contributed by atoms with Crippen molar-refractivity contribution >= 4 is 5.97 Å². The van der Waals surface area contributed by atoms with Crippen molar-refractivity contribution in [3.63, 3.8) is 0 Å². The van der Waals surface area contributed by atoms with Gasteiger partial charge in [0.2, 0.25) is 0 Å². The lowest BCUT2D eigenvalue weighted by Crippen LogP contribution is -2.35. The average Bonchev–Trinajstić information content (AvgIpc) is 2.97. The van der Waals surface area contributed by atoms with Gasteiger partial charge in [-0.1, -0.05) is 38.5 Å². The number of likely N-dealkylation sites (tertiary alicyclic amines) is 1. The van der Waals surface area contributed by atoms with Gasteiger partial charge in [0.15, 0.2) is 0 Å². The number of hydrogen-bond donors (Lipinski definition) is 1. The Balaban J connectivity index is 1.44. The maximum atomic E-state index is 11.6. The number of hydrogen-bond acceptors (Lipinski definition) is 2. The van der Waals surface area contributed by atoms with Crippen LogP contribution in [0.1, 0.15) is 64.2 Å². The fraction of sp³-hybridized carbons (Fsp3) is 0.941. The molecule has 0 spiro atoms. The molecule has 3 fully saturated rings. The van der Waals surface area contributed by atoms with Crippen LogP contribution in [-0.2, 0) is 4.79 Å². The van der Waals surface area contributed by atoms with Gasteiger partial charge in [0.1, 0.15) is 0 Å². The molecule has 3 nitrogen and oxygen atoms in total. The van der Waals surface area contributed by atoms with Crippen LogP contribution >= 0.6 is 0 Å². The van der Waals surface area contributed by atoms with Crippen LogP contribution in [0.5, 0.6) is 0 Å². The monoisotopic (exact) mass is 279 g/mol. The van der Waals surface area contributed by atoms with Crippen LogP contribution < -0.4 is 0 Å². The molecule has 0 aromatic carbocycles. The van der Waals surface area contributed by atoms with E-state index in [2.05, 4.69) is 4.90 Å². The maximum Gasteiger partial charge on any atom is 0.311 e. The minimum absolute atomic E-state index is 0.384. The molecule has 0 amide bonds. The van der Waals surface area contributed by atoms with E-state index < -0.39 is 5.97 Å². The van der Waals surface area contributed by atoms with Crippen molar-refractivity contribution in [2.45, 2.75) is 64.2 Å². The molecule has 3 heteroatoms. The Kier molecular flexibility index (Phi) is 4.34. The molecule has 3 rings (SSSR count). The zero-order chi connectivity index (χ0) is 14.0. The summed E-state index contributed by atoms with van der Waals surface area (Å²) in [5, 5.41) is 9.59. The van der Waals surface area contributed by atoms with E-state index in [0.717, 1.165) is 44.8 Å². The highest BCUT2D eigenvalue weighted by molar-refractivity contribution is 5.76. The van der Waals surface area contributed by atoms with Crippen molar-refractivity contribution in [2.24, 2.45) is 17.3 Å². The van der Waals surface area contributed by atoms with E-state index in [1.807, 2.05) is 0 Å². The van der Waals surface area contributed by atoms with Crippen LogP contribution in [0.15, 0.2) is 0 Å². The Labute approximate surface area is 122 Å². The topological polar surface area (TPSA) is 40.5 Å². The molecule has 1 N–H and O–H groups in total. The lowest BCUT2D eigenvalue weighted by molar-refractivity contribution is -0.149.